The Bertz CT molecular complexity index is 738. The first-order valence-corrected chi connectivity index (χ1v) is 8.84. The van der Waals surface area contributed by atoms with Gasteiger partial charge in [0.2, 0.25) is 0 Å². The standard InChI is InChI=1S/C21H23ClO2/c1-13(2)19-12-24-21(15-7-9-17(22)10-8-15)18(19)11-16-5-4-6-20(23)14(16)3/h7-10,19H,1,4-6,11-12H2,2-3H3. The molecule has 1 heterocycles. The second kappa shape index (κ2) is 6.98. The number of rotatable bonds is 4. The number of halogens is 1. The summed E-state index contributed by atoms with van der Waals surface area (Å²) in [7, 11) is 0. The Morgan fingerprint density at radius 3 is 2.67 bits per heavy atom. The van der Waals surface area contributed by atoms with Crippen molar-refractivity contribution in [1.29, 1.82) is 0 Å². The molecule has 2 nitrogen and oxygen atoms in total. The van der Waals surface area contributed by atoms with Gasteiger partial charge in [0.1, 0.15) is 5.76 Å². The summed E-state index contributed by atoms with van der Waals surface area (Å²) in [4.78, 5) is 12.0. The zero-order chi connectivity index (χ0) is 17.3. The topological polar surface area (TPSA) is 26.3 Å². The number of carbonyl (C=O) groups excluding carboxylic acids is 1. The number of carbonyl (C=O) groups is 1. The van der Waals surface area contributed by atoms with Crippen LogP contribution in [0.4, 0.5) is 0 Å². The molecule has 0 bridgehead atoms. The first-order valence-electron chi connectivity index (χ1n) is 8.46. The Labute approximate surface area is 148 Å². The van der Waals surface area contributed by atoms with Crippen LogP contribution in [0.2, 0.25) is 5.02 Å². The van der Waals surface area contributed by atoms with Crippen LogP contribution >= 0.6 is 11.6 Å². The van der Waals surface area contributed by atoms with Gasteiger partial charge in [0, 0.05) is 22.9 Å². The van der Waals surface area contributed by atoms with Crippen molar-refractivity contribution in [2.45, 2.75) is 39.5 Å². The van der Waals surface area contributed by atoms with E-state index >= 15 is 0 Å². The summed E-state index contributed by atoms with van der Waals surface area (Å²) in [5.41, 5.74) is 5.59. The number of Topliss-reactive ketones (excluding diaryl/α,β-unsaturated/α-hetero) is 1. The first-order chi connectivity index (χ1) is 11.5. The van der Waals surface area contributed by atoms with E-state index in [2.05, 4.69) is 6.58 Å². The van der Waals surface area contributed by atoms with Gasteiger partial charge >= 0.3 is 0 Å². The summed E-state index contributed by atoms with van der Waals surface area (Å²) in [6.07, 6.45) is 3.43. The second-order valence-corrected chi connectivity index (χ2v) is 7.19. The minimum atomic E-state index is 0.216. The molecule has 3 rings (SSSR count). The molecule has 24 heavy (non-hydrogen) atoms. The minimum Gasteiger partial charge on any atom is -0.492 e. The van der Waals surface area contributed by atoms with E-state index < -0.39 is 0 Å². The van der Waals surface area contributed by atoms with E-state index in [9.17, 15) is 4.79 Å². The van der Waals surface area contributed by atoms with Gasteiger partial charge < -0.3 is 4.74 Å². The summed E-state index contributed by atoms with van der Waals surface area (Å²) >= 11 is 6.01. The Hall–Kier alpha value is -1.80. The van der Waals surface area contributed by atoms with Gasteiger partial charge in [0.15, 0.2) is 5.78 Å². The maximum Gasteiger partial charge on any atom is 0.158 e. The van der Waals surface area contributed by atoms with Crippen molar-refractivity contribution in [1.82, 2.24) is 0 Å². The molecule has 0 fully saturated rings. The van der Waals surface area contributed by atoms with Crippen LogP contribution in [0.1, 0.15) is 45.1 Å². The lowest BCUT2D eigenvalue weighted by atomic mass is 9.82. The number of hydrogen-bond donors (Lipinski definition) is 0. The van der Waals surface area contributed by atoms with E-state index in [4.69, 9.17) is 16.3 Å². The average molecular weight is 343 g/mol. The lowest BCUT2D eigenvalue weighted by Crippen LogP contribution is -2.12. The molecule has 1 unspecified atom stereocenters. The Morgan fingerprint density at radius 1 is 1.29 bits per heavy atom. The molecule has 0 N–H and O–H groups in total. The maximum absolute atomic E-state index is 12.0. The van der Waals surface area contributed by atoms with Crippen LogP contribution in [-0.4, -0.2) is 12.4 Å². The number of ketones is 1. The van der Waals surface area contributed by atoms with Crippen LogP contribution in [0.3, 0.4) is 0 Å². The SMILES string of the molecule is C=C(C)C1COC(c2ccc(Cl)cc2)=C1CC1=C(C)C(=O)CCC1. The predicted molar refractivity (Wildman–Crippen MR) is 98.8 cm³/mol. The van der Waals surface area contributed by atoms with E-state index in [0.717, 1.165) is 41.7 Å². The van der Waals surface area contributed by atoms with Gasteiger partial charge in [-0.3, -0.25) is 4.79 Å². The van der Waals surface area contributed by atoms with Crippen LogP contribution in [0.15, 0.2) is 53.1 Å². The molecule has 0 aromatic heterocycles. The molecule has 2 aliphatic rings. The van der Waals surface area contributed by atoms with Crippen LogP contribution in [0.5, 0.6) is 0 Å². The van der Waals surface area contributed by atoms with E-state index in [1.165, 1.54) is 11.1 Å². The molecule has 0 saturated carbocycles. The van der Waals surface area contributed by atoms with Crippen LogP contribution in [0.25, 0.3) is 5.76 Å². The number of hydrogen-bond acceptors (Lipinski definition) is 2. The van der Waals surface area contributed by atoms with Gasteiger partial charge in [-0.05, 0) is 68.5 Å². The molecule has 1 aromatic carbocycles. The third-order valence-electron chi connectivity index (χ3n) is 5.04. The van der Waals surface area contributed by atoms with Gasteiger partial charge in [0.25, 0.3) is 0 Å². The average Bonchev–Trinajstić information content (AvgIpc) is 2.96. The van der Waals surface area contributed by atoms with Crippen molar-refractivity contribution >= 4 is 23.1 Å². The lowest BCUT2D eigenvalue weighted by Gasteiger charge is -2.20. The van der Waals surface area contributed by atoms with Gasteiger partial charge in [0.05, 0.1) is 6.61 Å². The van der Waals surface area contributed by atoms with E-state index in [1.807, 2.05) is 38.1 Å². The Balaban J connectivity index is 2.01. The van der Waals surface area contributed by atoms with Crippen molar-refractivity contribution < 1.29 is 9.53 Å². The van der Waals surface area contributed by atoms with E-state index in [-0.39, 0.29) is 11.7 Å². The highest BCUT2D eigenvalue weighted by molar-refractivity contribution is 6.30. The highest BCUT2D eigenvalue weighted by atomic mass is 35.5. The second-order valence-electron chi connectivity index (χ2n) is 6.75. The molecule has 1 aliphatic heterocycles. The highest BCUT2D eigenvalue weighted by Gasteiger charge is 2.30. The summed E-state index contributed by atoms with van der Waals surface area (Å²) in [6.45, 7) is 8.78. The molecule has 3 heteroatoms. The van der Waals surface area contributed by atoms with E-state index in [1.54, 1.807) is 0 Å². The summed E-state index contributed by atoms with van der Waals surface area (Å²) < 4.78 is 6.04. The van der Waals surface area contributed by atoms with Gasteiger partial charge in [-0.15, -0.1) is 0 Å². The molecule has 126 valence electrons. The zero-order valence-corrected chi connectivity index (χ0v) is 15.1. The van der Waals surface area contributed by atoms with Crippen molar-refractivity contribution in [2.75, 3.05) is 6.61 Å². The third-order valence-corrected chi connectivity index (χ3v) is 5.29. The lowest BCUT2D eigenvalue weighted by molar-refractivity contribution is -0.116. The molecule has 1 aliphatic carbocycles. The Kier molecular flexibility index (Phi) is 4.96. The third kappa shape index (κ3) is 3.34. The van der Waals surface area contributed by atoms with Gasteiger partial charge in [-0.25, -0.2) is 0 Å². The van der Waals surface area contributed by atoms with Gasteiger partial charge in [-0.2, -0.15) is 0 Å². The maximum atomic E-state index is 12.0. The minimum absolute atomic E-state index is 0.216. The molecule has 0 radical (unpaired) electrons. The normalized spacial score (nSPS) is 21.3. The highest BCUT2D eigenvalue weighted by Crippen LogP contribution is 2.41. The fourth-order valence-electron chi connectivity index (χ4n) is 3.52. The number of benzene rings is 1. The fourth-order valence-corrected chi connectivity index (χ4v) is 3.64. The number of ether oxygens (including phenoxy) is 1. The monoisotopic (exact) mass is 342 g/mol. The van der Waals surface area contributed by atoms with E-state index in [0.29, 0.717) is 18.1 Å². The summed E-state index contributed by atoms with van der Waals surface area (Å²) in [5, 5.41) is 0.715. The van der Waals surface area contributed by atoms with Crippen molar-refractivity contribution in [3.63, 3.8) is 0 Å². The fraction of sp³-hybridized carbons (Fsp3) is 0.381. The number of allylic oxidation sites excluding steroid dienone is 2. The van der Waals surface area contributed by atoms with Gasteiger partial charge in [-0.1, -0.05) is 29.3 Å². The molecule has 1 aromatic rings. The molecular weight excluding hydrogens is 320 g/mol. The quantitative estimate of drug-likeness (QED) is 0.653. The smallest absolute Gasteiger partial charge is 0.158 e. The molecule has 1 atom stereocenters. The summed E-state index contributed by atoms with van der Waals surface area (Å²) in [6, 6.07) is 7.75. The van der Waals surface area contributed by atoms with Crippen LogP contribution in [0, 0.1) is 5.92 Å². The molecular formula is C21H23ClO2. The predicted octanol–water partition coefficient (Wildman–Crippen LogP) is 5.73. The van der Waals surface area contributed by atoms with Crippen LogP contribution in [-0.2, 0) is 9.53 Å². The largest absolute Gasteiger partial charge is 0.492 e. The first kappa shape index (κ1) is 17.0. The molecule has 0 amide bonds. The zero-order valence-electron chi connectivity index (χ0n) is 14.3. The van der Waals surface area contributed by atoms with Crippen molar-refractivity contribution in [3.8, 4) is 0 Å². The van der Waals surface area contributed by atoms with Crippen molar-refractivity contribution in [3.05, 3.63) is 63.7 Å². The summed E-state index contributed by atoms with van der Waals surface area (Å²) in [5.74, 6) is 1.43. The van der Waals surface area contributed by atoms with Crippen LogP contribution < -0.4 is 0 Å². The Morgan fingerprint density at radius 2 is 2.00 bits per heavy atom. The van der Waals surface area contributed by atoms with Crippen molar-refractivity contribution in [2.24, 2.45) is 5.92 Å². The molecule has 0 saturated heterocycles. The molecule has 0 spiro atoms.